The first-order chi connectivity index (χ1) is 6.45. The highest BCUT2D eigenvalue weighted by Crippen LogP contribution is 2.08. The van der Waals surface area contributed by atoms with Gasteiger partial charge >= 0.3 is 0 Å². The topological polar surface area (TPSA) is 102 Å². The molecule has 1 rings (SSSR count). The fraction of sp³-hybridized carbons (Fsp3) is 0.143. The molecule has 1 amide bonds. The zero-order valence-electron chi connectivity index (χ0n) is 7.39. The Labute approximate surface area is 81.0 Å². The van der Waals surface area contributed by atoms with Crippen LogP contribution in [0, 0.1) is 0 Å². The summed E-state index contributed by atoms with van der Waals surface area (Å²) < 4.78 is 22.2. The van der Waals surface area contributed by atoms with Crippen LogP contribution in [0.25, 0.3) is 0 Å². The summed E-state index contributed by atoms with van der Waals surface area (Å²) in [7, 11) is -3.35. The maximum absolute atomic E-state index is 11.1. The normalized spacial score (nSPS) is 11.0. The largest absolute Gasteiger partial charge is 0.290 e. The van der Waals surface area contributed by atoms with E-state index in [2.05, 4.69) is 4.98 Å². The lowest BCUT2D eigenvalue weighted by molar-refractivity contribution is 0.0953. The molecule has 0 atom stereocenters. The zero-order chi connectivity index (χ0) is 10.8. The van der Waals surface area contributed by atoms with E-state index in [9.17, 15) is 13.2 Å². The maximum Gasteiger partial charge on any atom is 0.266 e. The van der Waals surface area contributed by atoms with Crippen molar-refractivity contribution in [2.45, 2.75) is 4.90 Å². The molecule has 14 heavy (non-hydrogen) atoms. The first kappa shape index (κ1) is 10.6. The molecule has 0 spiro atoms. The van der Waals surface area contributed by atoms with Crippen molar-refractivity contribution >= 4 is 15.7 Å². The summed E-state index contributed by atoms with van der Waals surface area (Å²) in [5.74, 6) is 4.31. The van der Waals surface area contributed by atoms with E-state index in [1.54, 1.807) is 0 Å². The molecule has 0 aliphatic rings. The minimum atomic E-state index is -3.35. The first-order valence-electron chi connectivity index (χ1n) is 3.61. The Hall–Kier alpha value is -1.47. The molecule has 1 heterocycles. The van der Waals surface area contributed by atoms with Gasteiger partial charge in [0.2, 0.25) is 0 Å². The van der Waals surface area contributed by atoms with E-state index in [4.69, 9.17) is 5.84 Å². The molecule has 6 nitrogen and oxygen atoms in total. The zero-order valence-corrected chi connectivity index (χ0v) is 8.21. The van der Waals surface area contributed by atoms with E-state index in [1.807, 2.05) is 5.43 Å². The summed E-state index contributed by atoms with van der Waals surface area (Å²) in [5, 5.41) is 0. The number of rotatable bonds is 2. The van der Waals surface area contributed by atoms with Gasteiger partial charge in [0, 0.05) is 18.6 Å². The Morgan fingerprint density at radius 3 is 2.64 bits per heavy atom. The number of hydrogen-bond acceptors (Lipinski definition) is 5. The van der Waals surface area contributed by atoms with Gasteiger partial charge in [-0.05, 0) is 6.07 Å². The van der Waals surface area contributed by atoms with Crippen molar-refractivity contribution in [1.82, 2.24) is 10.4 Å². The monoisotopic (exact) mass is 215 g/mol. The Morgan fingerprint density at radius 1 is 1.50 bits per heavy atom. The van der Waals surface area contributed by atoms with Crippen LogP contribution in [0.4, 0.5) is 0 Å². The lowest BCUT2D eigenvalue weighted by Crippen LogP contribution is -2.30. The van der Waals surface area contributed by atoms with E-state index in [0.717, 1.165) is 6.26 Å². The van der Waals surface area contributed by atoms with Gasteiger partial charge in [-0.1, -0.05) is 0 Å². The number of nitrogens with one attached hydrogen (secondary N) is 1. The molecule has 0 saturated carbocycles. The van der Waals surface area contributed by atoms with Gasteiger partial charge in [0.25, 0.3) is 5.91 Å². The van der Waals surface area contributed by atoms with Crippen molar-refractivity contribution in [3.05, 3.63) is 24.0 Å². The van der Waals surface area contributed by atoms with Crippen LogP contribution in [-0.2, 0) is 9.84 Å². The van der Waals surface area contributed by atoms with Crippen LogP contribution in [0.1, 0.15) is 10.4 Å². The van der Waals surface area contributed by atoms with Crippen LogP contribution < -0.4 is 11.3 Å². The minimum absolute atomic E-state index is 0.0152. The Bertz CT molecular complexity index is 455. The van der Waals surface area contributed by atoms with Gasteiger partial charge in [-0.3, -0.25) is 15.2 Å². The molecule has 0 fully saturated rings. The first-order valence-corrected chi connectivity index (χ1v) is 5.50. The Balaban J connectivity index is 3.21. The van der Waals surface area contributed by atoms with Crippen molar-refractivity contribution in [3.63, 3.8) is 0 Å². The summed E-state index contributed by atoms with van der Waals surface area (Å²) in [5.41, 5.74) is 1.99. The number of nitrogens with two attached hydrogens (primary N) is 1. The second-order valence-corrected chi connectivity index (χ2v) is 4.67. The van der Waals surface area contributed by atoms with Crippen molar-refractivity contribution in [3.8, 4) is 0 Å². The lowest BCUT2D eigenvalue weighted by atomic mass is 10.3. The van der Waals surface area contributed by atoms with Gasteiger partial charge in [0.05, 0.1) is 10.5 Å². The number of nitrogen functional groups attached to an aromatic ring is 1. The molecule has 0 aliphatic carbocycles. The SMILES string of the molecule is CS(=O)(=O)c1cncc(C(=O)NN)c1. The fourth-order valence-corrected chi connectivity index (χ4v) is 1.42. The molecule has 3 N–H and O–H groups in total. The summed E-state index contributed by atoms with van der Waals surface area (Å²) in [6.07, 6.45) is 3.44. The molecule has 0 radical (unpaired) electrons. The molecular weight excluding hydrogens is 206 g/mol. The summed E-state index contributed by atoms with van der Waals surface area (Å²) >= 11 is 0. The molecule has 0 unspecified atom stereocenters. The molecule has 76 valence electrons. The average Bonchev–Trinajstić information content (AvgIpc) is 2.15. The Kier molecular flexibility index (Phi) is 2.82. The maximum atomic E-state index is 11.1. The highest BCUT2D eigenvalue weighted by atomic mass is 32.2. The molecule has 0 bridgehead atoms. The van der Waals surface area contributed by atoms with Gasteiger partial charge in [-0.25, -0.2) is 14.3 Å². The van der Waals surface area contributed by atoms with Crippen LogP contribution >= 0.6 is 0 Å². The number of nitrogens with zero attached hydrogens (tertiary/aromatic N) is 1. The van der Waals surface area contributed by atoms with Gasteiger partial charge in [0.1, 0.15) is 0 Å². The number of hydrogen-bond donors (Lipinski definition) is 2. The third-order valence-electron chi connectivity index (χ3n) is 1.53. The molecule has 0 aliphatic heterocycles. The molecule has 0 saturated heterocycles. The predicted octanol–water partition coefficient (Wildman–Crippen LogP) is -0.911. The van der Waals surface area contributed by atoms with Crippen LogP contribution in [0.2, 0.25) is 0 Å². The molecule has 0 aromatic carbocycles. The van der Waals surface area contributed by atoms with Crippen LogP contribution in [-0.4, -0.2) is 25.6 Å². The van der Waals surface area contributed by atoms with E-state index in [-0.39, 0.29) is 10.5 Å². The van der Waals surface area contributed by atoms with Crippen molar-refractivity contribution in [2.75, 3.05) is 6.26 Å². The quantitative estimate of drug-likeness (QED) is 0.377. The average molecular weight is 215 g/mol. The number of carbonyl (C=O) groups is 1. The molecule has 1 aromatic rings. The smallest absolute Gasteiger partial charge is 0.266 e. The second kappa shape index (κ2) is 3.72. The van der Waals surface area contributed by atoms with Crippen LogP contribution in [0.3, 0.4) is 0 Å². The van der Waals surface area contributed by atoms with Crippen molar-refractivity contribution < 1.29 is 13.2 Å². The number of hydrazine groups is 1. The summed E-state index contributed by atoms with van der Waals surface area (Å²) in [6.45, 7) is 0. The van der Waals surface area contributed by atoms with Gasteiger partial charge in [-0.15, -0.1) is 0 Å². The third kappa shape index (κ3) is 2.27. The number of pyridine rings is 1. The minimum Gasteiger partial charge on any atom is -0.290 e. The van der Waals surface area contributed by atoms with E-state index < -0.39 is 15.7 Å². The number of aromatic nitrogens is 1. The van der Waals surface area contributed by atoms with E-state index in [0.29, 0.717) is 0 Å². The number of carbonyl (C=O) groups excluding carboxylic acids is 1. The van der Waals surface area contributed by atoms with Gasteiger partial charge < -0.3 is 0 Å². The molecule has 1 aromatic heterocycles. The van der Waals surface area contributed by atoms with Crippen LogP contribution in [0.15, 0.2) is 23.4 Å². The van der Waals surface area contributed by atoms with Crippen molar-refractivity contribution in [1.29, 1.82) is 0 Å². The van der Waals surface area contributed by atoms with Crippen molar-refractivity contribution in [2.24, 2.45) is 5.84 Å². The second-order valence-electron chi connectivity index (χ2n) is 2.65. The lowest BCUT2D eigenvalue weighted by Gasteiger charge is -2.01. The predicted molar refractivity (Wildman–Crippen MR) is 49.0 cm³/mol. The van der Waals surface area contributed by atoms with E-state index in [1.165, 1.54) is 18.5 Å². The standard InChI is InChI=1S/C7H9N3O3S/c1-14(12,13)6-2-5(3-9-4-6)7(11)10-8/h2-4H,8H2,1H3,(H,10,11). The highest BCUT2D eigenvalue weighted by Gasteiger charge is 2.11. The Morgan fingerprint density at radius 2 is 2.14 bits per heavy atom. The van der Waals surface area contributed by atoms with E-state index >= 15 is 0 Å². The van der Waals surface area contributed by atoms with Crippen LogP contribution in [0.5, 0.6) is 0 Å². The fourth-order valence-electron chi connectivity index (χ4n) is 0.829. The highest BCUT2D eigenvalue weighted by molar-refractivity contribution is 7.90. The van der Waals surface area contributed by atoms with Gasteiger partial charge in [-0.2, -0.15) is 0 Å². The molecule has 7 heteroatoms. The number of amides is 1. The summed E-state index contributed by atoms with van der Waals surface area (Å²) in [6, 6.07) is 1.21. The number of sulfone groups is 1. The summed E-state index contributed by atoms with van der Waals surface area (Å²) in [4.78, 5) is 14.6. The van der Waals surface area contributed by atoms with Gasteiger partial charge in [0.15, 0.2) is 9.84 Å². The third-order valence-corrected chi connectivity index (χ3v) is 2.61. The molecular formula is C7H9N3O3S.